The number of halogens is 1. The lowest BCUT2D eigenvalue weighted by Crippen LogP contribution is -1.97. The van der Waals surface area contributed by atoms with Gasteiger partial charge in [0.15, 0.2) is 0 Å². The van der Waals surface area contributed by atoms with Crippen LogP contribution in [0.1, 0.15) is 11.1 Å². The molecule has 0 fully saturated rings. The lowest BCUT2D eigenvalue weighted by molar-refractivity contribution is -0.130. The Hall–Kier alpha value is -3.14. The molecule has 0 atom stereocenters. The van der Waals surface area contributed by atoms with Gasteiger partial charge in [-0.05, 0) is 54.1 Å². The van der Waals surface area contributed by atoms with Gasteiger partial charge in [-0.2, -0.15) is 0 Å². The highest BCUT2D eigenvalue weighted by atomic mass is 19.1. The van der Waals surface area contributed by atoms with E-state index in [0.717, 1.165) is 11.3 Å². The van der Waals surface area contributed by atoms with E-state index < -0.39 is 5.97 Å². The summed E-state index contributed by atoms with van der Waals surface area (Å²) in [5.41, 5.74) is 1.94. The molecule has 0 amide bonds. The molecule has 0 saturated carbocycles. The lowest BCUT2D eigenvalue weighted by Gasteiger charge is -2.03. The lowest BCUT2D eigenvalue weighted by atomic mass is 10.1. The van der Waals surface area contributed by atoms with Gasteiger partial charge in [-0.25, -0.2) is 9.18 Å². The highest BCUT2D eigenvalue weighted by Gasteiger charge is 2.21. The van der Waals surface area contributed by atoms with Gasteiger partial charge in [0.2, 0.25) is 0 Å². The minimum Gasteiger partial charge on any atom is -0.490 e. The summed E-state index contributed by atoms with van der Waals surface area (Å²) in [6, 6.07) is 13.1. The Bertz CT molecular complexity index is 815. The second kappa shape index (κ2) is 6.96. The van der Waals surface area contributed by atoms with Crippen molar-refractivity contribution < 1.29 is 18.7 Å². The molecule has 120 valence electrons. The minimum absolute atomic E-state index is 0.335. The van der Waals surface area contributed by atoms with Crippen molar-refractivity contribution in [3.8, 4) is 5.75 Å². The number of ether oxygens (including phenoxy) is 2. The van der Waals surface area contributed by atoms with E-state index >= 15 is 0 Å². The fourth-order valence-corrected chi connectivity index (χ4v) is 2.24. The maximum atomic E-state index is 13.0. The van der Waals surface area contributed by atoms with Crippen LogP contribution in [0.5, 0.6) is 5.75 Å². The van der Waals surface area contributed by atoms with Gasteiger partial charge in [-0.3, -0.25) is 0 Å². The van der Waals surface area contributed by atoms with Crippen molar-refractivity contribution in [1.82, 2.24) is 0 Å². The maximum Gasteiger partial charge on any atom is 0.343 e. The van der Waals surface area contributed by atoms with Gasteiger partial charge >= 0.3 is 5.97 Å². The summed E-state index contributed by atoms with van der Waals surface area (Å²) in [7, 11) is 0. The molecule has 1 aliphatic rings. The highest BCUT2D eigenvalue weighted by Crippen LogP contribution is 2.27. The number of esters is 1. The number of hydrogen-bond donors (Lipinski definition) is 0. The molecular formula is C20H15FO3. The van der Waals surface area contributed by atoms with Crippen LogP contribution in [0.15, 0.2) is 72.8 Å². The third-order valence-corrected chi connectivity index (χ3v) is 3.42. The fraction of sp³-hybridized carbons (Fsp3) is 0.0500. The van der Waals surface area contributed by atoms with Crippen molar-refractivity contribution in [3.63, 3.8) is 0 Å². The molecule has 0 N–H and O–H groups in total. The molecule has 2 aromatic rings. The van der Waals surface area contributed by atoms with E-state index in [0.29, 0.717) is 23.5 Å². The summed E-state index contributed by atoms with van der Waals surface area (Å²) < 4.78 is 23.6. The Morgan fingerprint density at radius 3 is 2.46 bits per heavy atom. The normalized spacial score (nSPS) is 15.1. The van der Waals surface area contributed by atoms with Crippen molar-refractivity contribution in [3.05, 3.63) is 89.8 Å². The number of carbonyl (C=O) groups excluding carboxylic acids is 1. The van der Waals surface area contributed by atoms with Gasteiger partial charge in [-0.1, -0.05) is 24.8 Å². The van der Waals surface area contributed by atoms with E-state index in [-0.39, 0.29) is 5.82 Å². The first-order valence-corrected chi connectivity index (χ1v) is 7.41. The number of hydrogen-bond acceptors (Lipinski definition) is 3. The van der Waals surface area contributed by atoms with Crippen LogP contribution in [0, 0.1) is 5.82 Å². The van der Waals surface area contributed by atoms with Gasteiger partial charge in [0.25, 0.3) is 0 Å². The predicted octanol–water partition coefficient (Wildman–Crippen LogP) is 4.37. The SMILES string of the molecule is C=CCOc1ccc(C=C2C=C(c3ccc(F)cc3)OC2=O)cc1. The Labute approximate surface area is 139 Å². The second-order valence-corrected chi connectivity index (χ2v) is 5.17. The van der Waals surface area contributed by atoms with Gasteiger partial charge in [0.05, 0.1) is 5.57 Å². The zero-order valence-corrected chi connectivity index (χ0v) is 12.9. The number of rotatable bonds is 5. The number of cyclic esters (lactones) is 1. The van der Waals surface area contributed by atoms with Crippen molar-refractivity contribution in [2.75, 3.05) is 6.61 Å². The average Bonchev–Trinajstić information content (AvgIpc) is 2.95. The second-order valence-electron chi connectivity index (χ2n) is 5.17. The van der Waals surface area contributed by atoms with Crippen LogP contribution < -0.4 is 4.74 Å². The molecule has 24 heavy (non-hydrogen) atoms. The van der Waals surface area contributed by atoms with E-state index in [2.05, 4.69) is 6.58 Å². The average molecular weight is 322 g/mol. The van der Waals surface area contributed by atoms with Crippen LogP contribution in [0.25, 0.3) is 11.8 Å². The Balaban J connectivity index is 1.80. The van der Waals surface area contributed by atoms with Crippen LogP contribution in [0.4, 0.5) is 4.39 Å². The quantitative estimate of drug-likeness (QED) is 0.466. The first kappa shape index (κ1) is 15.7. The molecule has 0 unspecified atom stereocenters. The summed E-state index contributed by atoms with van der Waals surface area (Å²) in [6.07, 6.45) is 5.06. The molecule has 0 aromatic heterocycles. The van der Waals surface area contributed by atoms with E-state index in [9.17, 15) is 9.18 Å². The van der Waals surface area contributed by atoms with Crippen LogP contribution in [-0.2, 0) is 9.53 Å². The number of carbonyl (C=O) groups is 1. The summed E-state index contributed by atoms with van der Waals surface area (Å²) in [5.74, 6) is 0.380. The van der Waals surface area contributed by atoms with E-state index in [1.807, 2.05) is 24.3 Å². The van der Waals surface area contributed by atoms with Crippen molar-refractivity contribution in [1.29, 1.82) is 0 Å². The topological polar surface area (TPSA) is 35.5 Å². The summed E-state index contributed by atoms with van der Waals surface area (Å²) in [6.45, 7) is 4.03. The van der Waals surface area contributed by atoms with Gasteiger partial charge in [-0.15, -0.1) is 0 Å². The summed E-state index contributed by atoms with van der Waals surface area (Å²) in [5, 5.41) is 0. The highest BCUT2D eigenvalue weighted by molar-refractivity contribution is 6.05. The molecule has 4 heteroatoms. The monoisotopic (exact) mass is 322 g/mol. The zero-order chi connectivity index (χ0) is 16.9. The molecular weight excluding hydrogens is 307 g/mol. The molecule has 3 rings (SSSR count). The molecule has 3 nitrogen and oxygen atoms in total. The fourth-order valence-electron chi connectivity index (χ4n) is 2.24. The van der Waals surface area contributed by atoms with Gasteiger partial charge in [0, 0.05) is 5.56 Å². The Kier molecular flexibility index (Phi) is 4.57. The van der Waals surface area contributed by atoms with Gasteiger partial charge in [0.1, 0.15) is 23.9 Å². The van der Waals surface area contributed by atoms with Crippen LogP contribution >= 0.6 is 0 Å². The number of benzene rings is 2. The van der Waals surface area contributed by atoms with Crippen LogP contribution in [0.2, 0.25) is 0 Å². The molecule has 1 heterocycles. The van der Waals surface area contributed by atoms with Crippen LogP contribution in [0.3, 0.4) is 0 Å². The molecule has 0 saturated heterocycles. The molecule has 2 aromatic carbocycles. The van der Waals surface area contributed by atoms with E-state index in [1.165, 1.54) is 12.1 Å². The van der Waals surface area contributed by atoms with Crippen LogP contribution in [-0.4, -0.2) is 12.6 Å². The van der Waals surface area contributed by atoms with Crippen molar-refractivity contribution >= 4 is 17.8 Å². The van der Waals surface area contributed by atoms with Gasteiger partial charge < -0.3 is 9.47 Å². The molecule has 0 spiro atoms. The summed E-state index contributed by atoms with van der Waals surface area (Å²) in [4.78, 5) is 12.0. The standard InChI is InChI=1S/C20H15FO3/c1-2-11-23-18-9-3-14(4-10-18)12-16-13-19(24-20(16)22)15-5-7-17(21)8-6-15/h2-10,12-13H,1,11H2. The smallest absolute Gasteiger partial charge is 0.343 e. The third kappa shape index (κ3) is 3.60. The maximum absolute atomic E-state index is 13.0. The van der Waals surface area contributed by atoms with Crippen molar-refractivity contribution in [2.24, 2.45) is 0 Å². The third-order valence-electron chi connectivity index (χ3n) is 3.42. The summed E-state index contributed by atoms with van der Waals surface area (Å²) >= 11 is 0. The Morgan fingerprint density at radius 1 is 1.08 bits per heavy atom. The predicted molar refractivity (Wildman–Crippen MR) is 90.6 cm³/mol. The van der Waals surface area contributed by atoms with E-state index in [1.54, 1.807) is 30.4 Å². The van der Waals surface area contributed by atoms with E-state index in [4.69, 9.17) is 9.47 Å². The van der Waals surface area contributed by atoms with Crippen molar-refractivity contribution in [2.45, 2.75) is 0 Å². The molecule has 0 radical (unpaired) electrons. The largest absolute Gasteiger partial charge is 0.490 e. The first-order valence-electron chi connectivity index (χ1n) is 7.41. The first-order chi connectivity index (χ1) is 11.7. The zero-order valence-electron chi connectivity index (χ0n) is 12.9. The Morgan fingerprint density at radius 2 is 1.79 bits per heavy atom. The molecule has 0 bridgehead atoms. The molecule has 0 aliphatic carbocycles. The minimum atomic E-state index is -0.429. The molecule has 1 aliphatic heterocycles.